The molecule has 3 rings (SSSR count). The molecule has 0 unspecified atom stereocenters. The molecule has 2 aromatic carbocycles. The van der Waals surface area contributed by atoms with Crippen molar-refractivity contribution in [2.75, 3.05) is 6.79 Å². The van der Waals surface area contributed by atoms with Gasteiger partial charge in [-0.2, -0.15) is 0 Å². The van der Waals surface area contributed by atoms with Crippen molar-refractivity contribution >= 4 is 40.3 Å². The zero-order valence-corrected chi connectivity index (χ0v) is 18.7. The normalized spacial score (nSPS) is 13.8. The van der Waals surface area contributed by atoms with E-state index in [1.54, 1.807) is 0 Å². The number of aliphatic imine (C=N–C) groups is 1. The fourth-order valence-electron chi connectivity index (χ4n) is 3.24. The molecule has 1 heterocycles. The van der Waals surface area contributed by atoms with Gasteiger partial charge in [0, 0.05) is 0 Å². The van der Waals surface area contributed by atoms with Gasteiger partial charge in [-0.1, -0.05) is 0 Å². The summed E-state index contributed by atoms with van der Waals surface area (Å²) >= 11 is -0.824. The second-order valence-corrected chi connectivity index (χ2v) is 9.54. The molecule has 0 aliphatic carbocycles. The van der Waals surface area contributed by atoms with E-state index in [-0.39, 0.29) is 6.79 Å². The molecule has 0 saturated heterocycles. The van der Waals surface area contributed by atoms with Crippen molar-refractivity contribution in [3.05, 3.63) is 47.0 Å². The van der Waals surface area contributed by atoms with Crippen molar-refractivity contribution in [1.29, 1.82) is 0 Å². The molecule has 0 saturated carbocycles. The quantitative estimate of drug-likeness (QED) is 0.477. The van der Waals surface area contributed by atoms with Crippen LogP contribution in [0.3, 0.4) is 0 Å². The van der Waals surface area contributed by atoms with Gasteiger partial charge in [0.25, 0.3) is 0 Å². The molecule has 0 fully saturated rings. The van der Waals surface area contributed by atoms with E-state index in [9.17, 15) is 0 Å². The number of nitrogens with zero attached hydrogens (tertiary/aromatic N) is 1. The monoisotopic (exact) mass is 431 g/mol. The van der Waals surface area contributed by atoms with Crippen molar-refractivity contribution in [3.63, 3.8) is 0 Å². The second kappa shape index (κ2) is 8.05. The van der Waals surface area contributed by atoms with E-state index in [0.29, 0.717) is 11.8 Å². The number of fused-ring (bicyclic) bond motifs is 1. The first-order chi connectivity index (χ1) is 12.4. The van der Waals surface area contributed by atoms with E-state index in [1.165, 1.54) is 11.1 Å². The van der Waals surface area contributed by atoms with Gasteiger partial charge in [0.05, 0.1) is 0 Å². The molecule has 0 aromatic heterocycles. The third-order valence-corrected chi connectivity index (χ3v) is 7.07. The minimum atomic E-state index is -0.824. The molecule has 0 amide bonds. The van der Waals surface area contributed by atoms with Crippen LogP contribution in [0.15, 0.2) is 35.3 Å². The van der Waals surface area contributed by atoms with E-state index in [4.69, 9.17) is 24.5 Å². The van der Waals surface area contributed by atoms with Crippen molar-refractivity contribution in [1.82, 2.24) is 0 Å². The maximum absolute atomic E-state index is 6.36. The minimum absolute atomic E-state index is 0.263. The number of ether oxygens (including phenoxy) is 2. The Kier molecular flexibility index (Phi) is 5.98. The summed E-state index contributed by atoms with van der Waals surface area (Å²) in [5.41, 5.74) is 5.68. The van der Waals surface area contributed by atoms with Crippen LogP contribution in [-0.4, -0.2) is 27.0 Å². The molecule has 1 aliphatic rings. The third-order valence-electron chi connectivity index (χ3n) is 4.65. The van der Waals surface area contributed by atoms with Crippen LogP contribution in [0.1, 0.15) is 63.1 Å². The van der Waals surface area contributed by atoms with Gasteiger partial charge in [-0.25, -0.2) is 0 Å². The first kappa shape index (κ1) is 19.3. The first-order valence-corrected chi connectivity index (χ1v) is 12.7. The third kappa shape index (κ3) is 3.65. The molecular formula is C21H24ClGeNO2. The molecule has 136 valence electrons. The van der Waals surface area contributed by atoms with Gasteiger partial charge in [-0.3, -0.25) is 0 Å². The van der Waals surface area contributed by atoms with Gasteiger partial charge >= 0.3 is 167 Å². The molecule has 0 bridgehead atoms. The number of rotatable bonds is 5. The SMILES string of the molecule is CC(=Nc1c(C(C)C)cccc1C(C)C)c1ccc2c([c]1[Ge][Cl])OCO2. The van der Waals surface area contributed by atoms with Gasteiger partial charge in [-0.05, 0) is 0 Å². The van der Waals surface area contributed by atoms with Gasteiger partial charge in [0.15, 0.2) is 0 Å². The molecule has 26 heavy (non-hydrogen) atoms. The number of halogens is 1. The molecule has 3 nitrogen and oxygen atoms in total. The molecule has 1 aliphatic heterocycles. The average molecular weight is 430 g/mol. The molecule has 2 aromatic rings. The maximum atomic E-state index is 6.36. The fraction of sp³-hybridized carbons (Fsp3) is 0.381. The molecule has 2 radical (unpaired) electrons. The Labute approximate surface area is 166 Å². The van der Waals surface area contributed by atoms with Crippen LogP contribution in [0, 0.1) is 0 Å². The summed E-state index contributed by atoms with van der Waals surface area (Å²) < 4.78 is 12.2. The Morgan fingerprint density at radius 1 is 1.04 bits per heavy atom. The van der Waals surface area contributed by atoms with Gasteiger partial charge in [-0.15, -0.1) is 0 Å². The zero-order valence-electron chi connectivity index (χ0n) is 15.9. The summed E-state index contributed by atoms with van der Waals surface area (Å²) in [5, 5.41) is 0. The summed E-state index contributed by atoms with van der Waals surface area (Å²) in [6.07, 6.45) is 0. The van der Waals surface area contributed by atoms with Gasteiger partial charge < -0.3 is 0 Å². The standard InChI is InChI=1S/C21H24ClGeNO2/c1-12(2)15-7-6-8-16(13(3)4)20(15)24-14(5)17-9-10-18-21(19(17)23-22)26-11-25-18/h6-10,12-13H,11H2,1-5H3. The van der Waals surface area contributed by atoms with Crippen LogP contribution in [0.4, 0.5) is 5.69 Å². The molecule has 0 spiro atoms. The number of hydrogen-bond donors (Lipinski definition) is 0. The predicted octanol–water partition coefficient (Wildman–Crippen LogP) is 5.29. The number of benzene rings is 2. The fourth-order valence-corrected chi connectivity index (χ4v) is 5.57. The van der Waals surface area contributed by atoms with Gasteiger partial charge in [0.1, 0.15) is 0 Å². The summed E-state index contributed by atoms with van der Waals surface area (Å²) in [6.45, 7) is 11.2. The Bertz CT molecular complexity index is 820. The van der Waals surface area contributed by atoms with Crippen LogP contribution in [-0.2, 0) is 0 Å². The molecule has 0 N–H and O–H groups in total. The first-order valence-electron chi connectivity index (χ1n) is 8.91. The van der Waals surface area contributed by atoms with Crippen LogP contribution in [0.5, 0.6) is 11.5 Å². The van der Waals surface area contributed by atoms with Crippen LogP contribution in [0.2, 0.25) is 0 Å². The summed E-state index contributed by atoms with van der Waals surface area (Å²) in [4.78, 5) is 5.09. The molecule has 5 heteroatoms. The summed E-state index contributed by atoms with van der Waals surface area (Å²) in [5.74, 6) is 2.41. The Morgan fingerprint density at radius 3 is 2.27 bits per heavy atom. The number of para-hydroxylation sites is 1. The zero-order chi connectivity index (χ0) is 18.8. The van der Waals surface area contributed by atoms with Crippen molar-refractivity contribution in [2.45, 2.75) is 46.5 Å². The van der Waals surface area contributed by atoms with Crippen molar-refractivity contribution in [2.24, 2.45) is 4.99 Å². The van der Waals surface area contributed by atoms with Crippen LogP contribution in [0.25, 0.3) is 0 Å². The van der Waals surface area contributed by atoms with E-state index in [0.717, 1.165) is 32.9 Å². The van der Waals surface area contributed by atoms with E-state index < -0.39 is 14.5 Å². The van der Waals surface area contributed by atoms with Crippen LogP contribution < -0.4 is 13.9 Å². The molecular weight excluding hydrogens is 406 g/mol. The molecule has 0 atom stereocenters. The van der Waals surface area contributed by atoms with E-state index in [2.05, 4.69) is 58.9 Å². The number of hydrogen-bond acceptors (Lipinski definition) is 3. The van der Waals surface area contributed by atoms with E-state index in [1.807, 2.05) is 6.07 Å². The average Bonchev–Trinajstić information content (AvgIpc) is 3.09. The van der Waals surface area contributed by atoms with Crippen molar-refractivity contribution < 1.29 is 9.47 Å². The summed E-state index contributed by atoms with van der Waals surface area (Å²) in [6, 6.07) is 10.5. The Hall–Kier alpha value is -1.46. The van der Waals surface area contributed by atoms with E-state index >= 15 is 0 Å². The second-order valence-electron chi connectivity index (χ2n) is 7.11. The van der Waals surface area contributed by atoms with Gasteiger partial charge in [0.2, 0.25) is 0 Å². The van der Waals surface area contributed by atoms with Crippen LogP contribution >= 0.6 is 10.0 Å². The Morgan fingerprint density at radius 2 is 1.69 bits per heavy atom. The predicted molar refractivity (Wildman–Crippen MR) is 110 cm³/mol. The topological polar surface area (TPSA) is 30.8 Å². The summed E-state index contributed by atoms with van der Waals surface area (Å²) in [7, 11) is 6.36. The van der Waals surface area contributed by atoms with Crippen molar-refractivity contribution in [3.8, 4) is 11.5 Å². The Balaban J connectivity index is 2.15.